The molecule has 2 rings (SSSR count). The van der Waals surface area contributed by atoms with Crippen LogP contribution in [-0.4, -0.2) is 27.8 Å². The molecule has 15 heavy (non-hydrogen) atoms. The molecule has 0 aromatic carbocycles. The van der Waals surface area contributed by atoms with Crippen LogP contribution >= 0.6 is 0 Å². The smallest absolute Gasteiger partial charge is 0.269 e. The van der Waals surface area contributed by atoms with Crippen molar-refractivity contribution < 1.29 is 9.84 Å². The van der Waals surface area contributed by atoms with Crippen LogP contribution in [0.3, 0.4) is 0 Å². The lowest BCUT2D eigenvalue weighted by Gasteiger charge is -2.11. The highest BCUT2D eigenvalue weighted by Crippen LogP contribution is 2.30. The van der Waals surface area contributed by atoms with Crippen molar-refractivity contribution in [2.24, 2.45) is 0 Å². The van der Waals surface area contributed by atoms with Crippen molar-refractivity contribution in [2.75, 3.05) is 6.61 Å². The van der Waals surface area contributed by atoms with Gasteiger partial charge in [-0.3, -0.25) is 4.79 Å². The number of hydrogen-bond donors (Lipinski definition) is 2. The predicted octanol–water partition coefficient (Wildman–Crippen LogP) is 0.291. The normalized spacial score (nSPS) is 25.7. The summed E-state index contributed by atoms with van der Waals surface area (Å²) in [4.78, 5) is 17.9. The average Bonchev–Trinajstić information content (AvgIpc) is 2.70. The zero-order chi connectivity index (χ0) is 10.8. The third kappa shape index (κ3) is 2.08. The van der Waals surface area contributed by atoms with E-state index in [1.54, 1.807) is 13.1 Å². The Labute approximate surface area is 87.1 Å². The van der Waals surface area contributed by atoms with Gasteiger partial charge in [-0.25, -0.2) is 4.98 Å². The zero-order valence-electron chi connectivity index (χ0n) is 8.56. The SMILES string of the molecule is Cc1nc([C@H]2CC[C@@H](CO)O2)c[nH]c1=O. The molecule has 0 aliphatic carbocycles. The van der Waals surface area contributed by atoms with Gasteiger partial charge in [0.05, 0.1) is 18.4 Å². The van der Waals surface area contributed by atoms with E-state index in [1.165, 1.54) is 0 Å². The molecular weight excluding hydrogens is 196 g/mol. The molecule has 2 heterocycles. The lowest BCUT2D eigenvalue weighted by atomic mass is 10.1. The molecule has 1 aliphatic rings. The van der Waals surface area contributed by atoms with Gasteiger partial charge in [-0.1, -0.05) is 0 Å². The molecule has 5 heteroatoms. The lowest BCUT2D eigenvalue weighted by Crippen LogP contribution is -2.16. The van der Waals surface area contributed by atoms with Gasteiger partial charge in [0.2, 0.25) is 0 Å². The molecule has 1 fully saturated rings. The largest absolute Gasteiger partial charge is 0.394 e. The fourth-order valence-electron chi connectivity index (χ4n) is 1.74. The van der Waals surface area contributed by atoms with E-state index in [1.807, 2.05) is 0 Å². The number of aliphatic hydroxyl groups is 1. The highest BCUT2D eigenvalue weighted by Gasteiger charge is 2.27. The maximum absolute atomic E-state index is 11.1. The lowest BCUT2D eigenvalue weighted by molar-refractivity contribution is 0.00900. The van der Waals surface area contributed by atoms with E-state index < -0.39 is 0 Å². The second-order valence-electron chi connectivity index (χ2n) is 3.75. The van der Waals surface area contributed by atoms with Gasteiger partial charge < -0.3 is 14.8 Å². The number of aromatic amines is 1. The monoisotopic (exact) mass is 210 g/mol. The van der Waals surface area contributed by atoms with Crippen LogP contribution in [0.1, 0.15) is 30.3 Å². The van der Waals surface area contributed by atoms with E-state index in [2.05, 4.69) is 9.97 Å². The van der Waals surface area contributed by atoms with Crippen LogP contribution in [0.5, 0.6) is 0 Å². The maximum Gasteiger partial charge on any atom is 0.269 e. The second kappa shape index (κ2) is 4.12. The molecule has 1 aliphatic heterocycles. The van der Waals surface area contributed by atoms with Crippen molar-refractivity contribution >= 4 is 0 Å². The van der Waals surface area contributed by atoms with Gasteiger partial charge in [0.1, 0.15) is 11.8 Å². The van der Waals surface area contributed by atoms with Crippen molar-refractivity contribution in [3.8, 4) is 0 Å². The minimum atomic E-state index is -0.171. The van der Waals surface area contributed by atoms with Gasteiger partial charge in [-0.05, 0) is 19.8 Å². The molecule has 2 N–H and O–H groups in total. The molecule has 0 spiro atoms. The van der Waals surface area contributed by atoms with Crippen LogP contribution in [0.2, 0.25) is 0 Å². The van der Waals surface area contributed by atoms with E-state index >= 15 is 0 Å². The van der Waals surface area contributed by atoms with E-state index in [0.717, 1.165) is 18.5 Å². The van der Waals surface area contributed by atoms with Crippen LogP contribution in [0.15, 0.2) is 11.0 Å². The summed E-state index contributed by atoms with van der Waals surface area (Å²) in [5, 5.41) is 8.93. The van der Waals surface area contributed by atoms with Crippen LogP contribution in [0.4, 0.5) is 0 Å². The number of hydrogen-bond acceptors (Lipinski definition) is 4. The summed E-state index contributed by atoms with van der Waals surface area (Å²) >= 11 is 0. The molecule has 1 saturated heterocycles. The third-order valence-corrected chi connectivity index (χ3v) is 2.62. The Hall–Kier alpha value is -1.20. The molecule has 0 radical (unpaired) electrons. The molecular formula is C10H14N2O3. The molecule has 0 amide bonds. The number of nitrogens with one attached hydrogen (secondary N) is 1. The first kappa shape index (κ1) is 10.3. The fraction of sp³-hybridized carbons (Fsp3) is 0.600. The van der Waals surface area contributed by atoms with Crippen molar-refractivity contribution in [1.29, 1.82) is 0 Å². The number of H-pyrrole nitrogens is 1. The summed E-state index contributed by atoms with van der Waals surface area (Å²) in [6.45, 7) is 1.71. The fourth-order valence-corrected chi connectivity index (χ4v) is 1.74. The Balaban J connectivity index is 2.17. The Bertz CT molecular complexity index is 402. The molecule has 1 aromatic heterocycles. The third-order valence-electron chi connectivity index (χ3n) is 2.62. The number of aryl methyl sites for hydroxylation is 1. The van der Waals surface area contributed by atoms with Crippen LogP contribution in [-0.2, 0) is 4.74 Å². The Morgan fingerprint density at radius 2 is 2.47 bits per heavy atom. The summed E-state index contributed by atoms with van der Waals surface area (Å²) in [7, 11) is 0. The molecule has 82 valence electrons. The minimum Gasteiger partial charge on any atom is -0.394 e. The number of aliphatic hydroxyl groups excluding tert-OH is 1. The van der Waals surface area contributed by atoms with Gasteiger partial charge in [0.25, 0.3) is 5.56 Å². The van der Waals surface area contributed by atoms with E-state index in [-0.39, 0.29) is 24.4 Å². The topological polar surface area (TPSA) is 75.2 Å². The van der Waals surface area contributed by atoms with Crippen LogP contribution in [0.25, 0.3) is 0 Å². The first-order valence-electron chi connectivity index (χ1n) is 5.03. The van der Waals surface area contributed by atoms with E-state index in [4.69, 9.17) is 9.84 Å². The van der Waals surface area contributed by atoms with Crippen LogP contribution < -0.4 is 5.56 Å². The summed E-state index contributed by atoms with van der Waals surface area (Å²) in [6.07, 6.45) is 3.06. The Kier molecular flexibility index (Phi) is 2.83. The van der Waals surface area contributed by atoms with Crippen molar-refractivity contribution in [1.82, 2.24) is 9.97 Å². The Morgan fingerprint density at radius 1 is 1.67 bits per heavy atom. The number of rotatable bonds is 2. The van der Waals surface area contributed by atoms with E-state index in [9.17, 15) is 4.79 Å². The van der Waals surface area contributed by atoms with Gasteiger partial charge in [-0.2, -0.15) is 0 Å². The maximum atomic E-state index is 11.1. The first-order valence-corrected chi connectivity index (χ1v) is 5.03. The molecule has 0 unspecified atom stereocenters. The molecule has 1 aromatic rings. The highest BCUT2D eigenvalue weighted by atomic mass is 16.5. The summed E-state index contributed by atoms with van der Waals surface area (Å²) < 4.78 is 5.56. The van der Waals surface area contributed by atoms with Crippen LogP contribution in [0, 0.1) is 6.92 Å². The van der Waals surface area contributed by atoms with Gasteiger partial charge in [0.15, 0.2) is 0 Å². The number of ether oxygens (including phenoxy) is 1. The summed E-state index contributed by atoms with van der Waals surface area (Å²) in [5.41, 5.74) is 1.02. The first-order chi connectivity index (χ1) is 7.20. The number of aromatic nitrogens is 2. The summed E-state index contributed by atoms with van der Waals surface area (Å²) in [5.74, 6) is 0. The van der Waals surface area contributed by atoms with Crippen molar-refractivity contribution in [2.45, 2.75) is 32.0 Å². The van der Waals surface area contributed by atoms with Gasteiger partial charge in [0, 0.05) is 6.20 Å². The Morgan fingerprint density at radius 3 is 3.07 bits per heavy atom. The van der Waals surface area contributed by atoms with Gasteiger partial charge in [-0.15, -0.1) is 0 Å². The molecule has 0 bridgehead atoms. The zero-order valence-corrected chi connectivity index (χ0v) is 8.56. The minimum absolute atomic E-state index is 0.0405. The second-order valence-corrected chi connectivity index (χ2v) is 3.75. The van der Waals surface area contributed by atoms with E-state index in [0.29, 0.717) is 5.69 Å². The van der Waals surface area contributed by atoms with Crippen molar-refractivity contribution in [3.05, 3.63) is 27.9 Å². The summed E-state index contributed by atoms with van der Waals surface area (Å²) in [6, 6.07) is 0. The standard InChI is InChI=1S/C10H14N2O3/c1-6-10(14)11-4-8(12-6)9-3-2-7(5-13)15-9/h4,7,9,13H,2-3,5H2,1H3,(H,11,14)/t7-,9+/m0/s1. The molecule has 5 nitrogen and oxygen atoms in total. The highest BCUT2D eigenvalue weighted by molar-refractivity contribution is 5.06. The van der Waals surface area contributed by atoms with Crippen molar-refractivity contribution in [3.63, 3.8) is 0 Å². The van der Waals surface area contributed by atoms with Gasteiger partial charge >= 0.3 is 0 Å². The number of nitrogens with zero attached hydrogens (tertiary/aromatic N) is 1. The average molecular weight is 210 g/mol. The quantitative estimate of drug-likeness (QED) is 0.735. The molecule has 2 atom stereocenters. The predicted molar refractivity (Wildman–Crippen MR) is 53.5 cm³/mol. The molecule has 0 saturated carbocycles.